The topological polar surface area (TPSA) is 9.23 Å². The van der Waals surface area contributed by atoms with Crippen molar-refractivity contribution in [1.29, 1.82) is 0 Å². The zero-order valence-corrected chi connectivity index (χ0v) is 9.35. The molecule has 2 heteroatoms. The van der Waals surface area contributed by atoms with Crippen LogP contribution in [0.3, 0.4) is 0 Å². The van der Waals surface area contributed by atoms with Gasteiger partial charge in [0.15, 0.2) is 0 Å². The van der Waals surface area contributed by atoms with E-state index >= 15 is 0 Å². The second-order valence-corrected chi connectivity index (χ2v) is 4.94. The minimum Gasteiger partial charge on any atom is -0.304 e. The first-order valence-electron chi connectivity index (χ1n) is 5.19. The Morgan fingerprint density at radius 1 is 1.14 bits per heavy atom. The summed E-state index contributed by atoms with van der Waals surface area (Å²) in [6.07, 6.45) is 5.03. The third-order valence-electron chi connectivity index (χ3n) is 2.74. The Balaban J connectivity index is 1.88. The molecule has 0 aromatic heterocycles. The quantitative estimate of drug-likeness (QED) is 0.693. The fourth-order valence-electron chi connectivity index (χ4n) is 1.83. The first-order chi connectivity index (χ1) is 6.79. The highest BCUT2D eigenvalue weighted by Crippen LogP contribution is 2.37. The lowest BCUT2D eigenvalue weighted by Gasteiger charge is -2.22. The SMILES string of the molecule is CC1(OSc2ccccc2)CCCC1. The molecule has 0 aliphatic heterocycles. The molecule has 0 heterocycles. The molecule has 76 valence electrons. The van der Waals surface area contributed by atoms with Gasteiger partial charge in [0.2, 0.25) is 0 Å². The molecule has 0 spiro atoms. The van der Waals surface area contributed by atoms with E-state index in [2.05, 4.69) is 19.1 Å². The Morgan fingerprint density at radius 3 is 2.43 bits per heavy atom. The van der Waals surface area contributed by atoms with Gasteiger partial charge in [-0.05, 0) is 31.9 Å². The summed E-state index contributed by atoms with van der Waals surface area (Å²) in [6, 6.07) is 10.3. The van der Waals surface area contributed by atoms with Crippen LogP contribution < -0.4 is 0 Å². The van der Waals surface area contributed by atoms with Crippen LogP contribution in [-0.2, 0) is 4.18 Å². The third kappa shape index (κ3) is 2.52. The maximum absolute atomic E-state index is 5.89. The van der Waals surface area contributed by atoms with E-state index in [0.29, 0.717) is 0 Å². The van der Waals surface area contributed by atoms with Crippen molar-refractivity contribution in [2.24, 2.45) is 0 Å². The van der Waals surface area contributed by atoms with Gasteiger partial charge >= 0.3 is 0 Å². The summed E-state index contributed by atoms with van der Waals surface area (Å²) in [5.41, 5.74) is 0.112. The molecule has 1 aliphatic rings. The van der Waals surface area contributed by atoms with Gasteiger partial charge in [0, 0.05) is 16.9 Å². The molecule has 0 atom stereocenters. The summed E-state index contributed by atoms with van der Waals surface area (Å²) < 4.78 is 5.89. The Bertz CT molecular complexity index is 278. The Labute approximate surface area is 90.1 Å². The molecule has 1 aromatic carbocycles. The van der Waals surface area contributed by atoms with Crippen LogP contribution in [0.25, 0.3) is 0 Å². The van der Waals surface area contributed by atoms with E-state index in [9.17, 15) is 0 Å². The van der Waals surface area contributed by atoms with Crippen molar-refractivity contribution in [3.05, 3.63) is 30.3 Å². The molecule has 2 rings (SSSR count). The zero-order chi connectivity index (χ0) is 9.86. The molecular formula is C12H16OS. The molecule has 0 radical (unpaired) electrons. The minimum absolute atomic E-state index is 0.112. The van der Waals surface area contributed by atoms with Gasteiger partial charge in [0.1, 0.15) is 0 Å². The van der Waals surface area contributed by atoms with Crippen LogP contribution in [0, 0.1) is 0 Å². The Kier molecular flexibility index (Phi) is 3.14. The summed E-state index contributed by atoms with van der Waals surface area (Å²) in [5.74, 6) is 0. The number of hydrogen-bond donors (Lipinski definition) is 0. The molecule has 14 heavy (non-hydrogen) atoms. The minimum atomic E-state index is 0.112. The predicted molar refractivity (Wildman–Crippen MR) is 60.3 cm³/mol. The molecule has 0 unspecified atom stereocenters. The fraction of sp³-hybridized carbons (Fsp3) is 0.500. The molecule has 1 aromatic rings. The lowest BCUT2D eigenvalue weighted by Crippen LogP contribution is -2.20. The summed E-state index contributed by atoms with van der Waals surface area (Å²) in [5, 5.41) is 0. The molecule has 1 aliphatic carbocycles. The number of hydrogen-bond acceptors (Lipinski definition) is 2. The summed E-state index contributed by atoms with van der Waals surface area (Å²) in [6.45, 7) is 2.22. The van der Waals surface area contributed by atoms with Gasteiger partial charge in [-0.3, -0.25) is 0 Å². The zero-order valence-electron chi connectivity index (χ0n) is 8.53. The van der Waals surface area contributed by atoms with Crippen molar-refractivity contribution in [1.82, 2.24) is 0 Å². The second kappa shape index (κ2) is 4.37. The lowest BCUT2D eigenvalue weighted by molar-refractivity contribution is 0.127. The molecule has 1 nitrogen and oxygen atoms in total. The van der Waals surface area contributed by atoms with E-state index in [0.717, 1.165) is 0 Å². The van der Waals surface area contributed by atoms with E-state index in [1.807, 2.05) is 18.2 Å². The Morgan fingerprint density at radius 2 is 1.79 bits per heavy atom. The van der Waals surface area contributed by atoms with Gasteiger partial charge in [-0.1, -0.05) is 31.0 Å². The average molecular weight is 208 g/mol. The van der Waals surface area contributed by atoms with Crippen molar-refractivity contribution in [2.45, 2.75) is 43.1 Å². The molecule has 1 fully saturated rings. The number of rotatable bonds is 3. The van der Waals surface area contributed by atoms with Crippen LogP contribution in [0.2, 0.25) is 0 Å². The Hall–Kier alpha value is -0.470. The van der Waals surface area contributed by atoms with Crippen molar-refractivity contribution in [3.63, 3.8) is 0 Å². The van der Waals surface area contributed by atoms with Crippen molar-refractivity contribution in [3.8, 4) is 0 Å². The lowest BCUT2D eigenvalue weighted by atomic mass is 10.1. The maximum atomic E-state index is 5.89. The van der Waals surface area contributed by atoms with E-state index in [1.54, 1.807) is 0 Å². The first kappa shape index (κ1) is 10.1. The van der Waals surface area contributed by atoms with Crippen molar-refractivity contribution >= 4 is 12.0 Å². The molecular weight excluding hydrogens is 192 g/mol. The van der Waals surface area contributed by atoms with Gasteiger partial charge in [-0.15, -0.1) is 0 Å². The molecule has 0 N–H and O–H groups in total. The standard InChI is InChI=1S/C12H16OS/c1-12(9-5-6-10-12)13-14-11-7-3-2-4-8-11/h2-4,7-8H,5-6,9-10H2,1H3. The van der Waals surface area contributed by atoms with Crippen molar-refractivity contribution < 1.29 is 4.18 Å². The molecule has 0 amide bonds. The van der Waals surface area contributed by atoms with E-state index in [4.69, 9.17) is 4.18 Å². The third-order valence-corrected chi connectivity index (χ3v) is 3.69. The predicted octanol–water partition coefficient (Wildman–Crippen LogP) is 4.04. The largest absolute Gasteiger partial charge is 0.304 e. The molecule has 0 bridgehead atoms. The van der Waals surface area contributed by atoms with Crippen LogP contribution in [0.1, 0.15) is 32.6 Å². The molecule has 0 saturated heterocycles. The van der Waals surface area contributed by atoms with E-state index < -0.39 is 0 Å². The average Bonchev–Trinajstić information content (AvgIpc) is 2.65. The van der Waals surface area contributed by atoms with Gasteiger partial charge in [-0.25, -0.2) is 0 Å². The maximum Gasteiger partial charge on any atom is 0.0805 e. The van der Waals surface area contributed by atoms with Crippen LogP contribution >= 0.6 is 12.0 Å². The smallest absolute Gasteiger partial charge is 0.0805 e. The number of benzene rings is 1. The van der Waals surface area contributed by atoms with E-state index in [1.165, 1.54) is 42.6 Å². The normalized spacial score (nSPS) is 19.8. The van der Waals surface area contributed by atoms with Crippen molar-refractivity contribution in [2.75, 3.05) is 0 Å². The van der Waals surface area contributed by atoms with Crippen LogP contribution in [0.5, 0.6) is 0 Å². The first-order valence-corrected chi connectivity index (χ1v) is 5.93. The van der Waals surface area contributed by atoms with Gasteiger partial charge in [0.25, 0.3) is 0 Å². The summed E-state index contributed by atoms with van der Waals surface area (Å²) in [4.78, 5) is 1.20. The van der Waals surface area contributed by atoms with Gasteiger partial charge in [0.05, 0.1) is 5.60 Å². The van der Waals surface area contributed by atoms with Crippen LogP contribution in [-0.4, -0.2) is 5.60 Å². The molecule has 1 saturated carbocycles. The summed E-state index contributed by atoms with van der Waals surface area (Å²) >= 11 is 1.52. The monoisotopic (exact) mass is 208 g/mol. The summed E-state index contributed by atoms with van der Waals surface area (Å²) in [7, 11) is 0. The van der Waals surface area contributed by atoms with Crippen LogP contribution in [0.4, 0.5) is 0 Å². The van der Waals surface area contributed by atoms with E-state index in [-0.39, 0.29) is 5.60 Å². The van der Waals surface area contributed by atoms with Crippen LogP contribution in [0.15, 0.2) is 35.2 Å². The highest BCUT2D eigenvalue weighted by Gasteiger charge is 2.30. The van der Waals surface area contributed by atoms with Gasteiger partial charge < -0.3 is 4.18 Å². The second-order valence-electron chi connectivity index (χ2n) is 4.14. The highest BCUT2D eigenvalue weighted by atomic mass is 32.2. The fourth-order valence-corrected chi connectivity index (χ4v) is 2.56. The van der Waals surface area contributed by atoms with Gasteiger partial charge in [-0.2, -0.15) is 0 Å². The highest BCUT2D eigenvalue weighted by molar-refractivity contribution is 7.94.